The maximum atomic E-state index is 10.2. The topological polar surface area (TPSA) is 41.5 Å². The van der Waals surface area contributed by atoms with Gasteiger partial charge in [0.1, 0.15) is 0 Å². The monoisotopic (exact) mass is 319 g/mol. The Bertz CT molecular complexity index is 545. The number of benzene rings is 2. The first-order valence-corrected chi connectivity index (χ1v) is 7.76. The predicted octanol–water partition coefficient (Wildman–Crippen LogP) is 3.22. The van der Waals surface area contributed by atoms with Crippen molar-refractivity contribution in [3.8, 4) is 0 Å². The number of ether oxygens (including phenoxy) is 1. The zero-order chi connectivity index (χ0) is 15.8. The first-order chi connectivity index (χ1) is 10.7. The summed E-state index contributed by atoms with van der Waals surface area (Å²) in [4.78, 5) is 0. The molecular weight excluding hydrogens is 298 g/mol. The van der Waals surface area contributed by atoms with Crippen molar-refractivity contribution in [3.05, 3.63) is 70.7 Å². The lowest BCUT2D eigenvalue weighted by atomic mass is 10.1. The molecule has 0 saturated carbocycles. The van der Waals surface area contributed by atoms with Gasteiger partial charge in [0.25, 0.3) is 0 Å². The number of nitrogens with one attached hydrogen (secondary N) is 1. The van der Waals surface area contributed by atoms with E-state index in [1.807, 2.05) is 30.3 Å². The van der Waals surface area contributed by atoms with Crippen LogP contribution in [0.1, 0.15) is 17.2 Å². The average molecular weight is 320 g/mol. The van der Waals surface area contributed by atoms with Gasteiger partial charge in [-0.05, 0) is 29.7 Å². The molecule has 0 bridgehead atoms. The van der Waals surface area contributed by atoms with Crippen molar-refractivity contribution >= 4 is 11.6 Å². The van der Waals surface area contributed by atoms with E-state index in [1.54, 1.807) is 19.2 Å². The van der Waals surface area contributed by atoms with Crippen LogP contribution in [-0.2, 0) is 11.2 Å². The second kappa shape index (κ2) is 8.91. The van der Waals surface area contributed by atoms with Crippen LogP contribution in [0.15, 0.2) is 54.6 Å². The Morgan fingerprint density at radius 1 is 1.09 bits per heavy atom. The summed E-state index contributed by atoms with van der Waals surface area (Å²) in [6, 6.07) is 17.7. The number of hydrogen-bond acceptors (Lipinski definition) is 3. The highest BCUT2D eigenvalue weighted by atomic mass is 35.5. The number of hydrogen-bond donors (Lipinski definition) is 2. The van der Waals surface area contributed by atoms with Crippen molar-refractivity contribution in [2.75, 3.05) is 20.3 Å². The summed E-state index contributed by atoms with van der Waals surface area (Å²) in [7, 11) is 1.69. The SMILES string of the molecule is COCC(Cc1ccccc1)NCC(O)c1ccc(Cl)cc1. The second-order valence-corrected chi connectivity index (χ2v) is 5.75. The molecule has 2 atom stereocenters. The third kappa shape index (κ3) is 5.43. The fraction of sp³-hybridized carbons (Fsp3) is 0.333. The maximum Gasteiger partial charge on any atom is 0.0914 e. The van der Waals surface area contributed by atoms with Crippen LogP contribution >= 0.6 is 11.6 Å². The third-order valence-corrected chi connectivity index (χ3v) is 3.80. The fourth-order valence-corrected chi connectivity index (χ4v) is 2.50. The summed E-state index contributed by atoms with van der Waals surface area (Å²) in [6.45, 7) is 1.07. The van der Waals surface area contributed by atoms with Gasteiger partial charge in [-0.2, -0.15) is 0 Å². The molecule has 0 heterocycles. The number of aliphatic hydroxyl groups excluding tert-OH is 1. The van der Waals surface area contributed by atoms with Crippen molar-refractivity contribution in [2.45, 2.75) is 18.6 Å². The molecule has 118 valence electrons. The Morgan fingerprint density at radius 3 is 2.41 bits per heavy atom. The molecule has 4 heteroatoms. The fourth-order valence-electron chi connectivity index (χ4n) is 2.37. The van der Waals surface area contributed by atoms with Crippen molar-refractivity contribution < 1.29 is 9.84 Å². The molecule has 2 N–H and O–H groups in total. The summed E-state index contributed by atoms with van der Waals surface area (Å²) in [5, 5.41) is 14.3. The average Bonchev–Trinajstić information content (AvgIpc) is 2.54. The molecule has 22 heavy (non-hydrogen) atoms. The molecule has 0 aromatic heterocycles. The van der Waals surface area contributed by atoms with Crippen LogP contribution in [0, 0.1) is 0 Å². The van der Waals surface area contributed by atoms with E-state index in [4.69, 9.17) is 16.3 Å². The normalized spacial score (nSPS) is 13.8. The van der Waals surface area contributed by atoms with Gasteiger partial charge in [-0.15, -0.1) is 0 Å². The summed E-state index contributed by atoms with van der Waals surface area (Å²) in [6.07, 6.45) is 0.301. The number of halogens is 1. The highest BCUT2D eigenvalue weighted by Gasteiger charge is 2.13. The van der Waals surface area contributed by atoms with Gasteiger partial charge in [-0.3, -0.25) is 0 Å². The van der Waals surface area contributed by atoms with Crippen LogP contribution in [-0.4, -0.2) is 31.4 Å². The lowest BCUT2D eigenvalue weighted by Gasteiger charge is -2.20. The molecule has 0 saturated heterocycles. The van der Waals surface area contributed by atoms with Gasteiger partial charge in [0.05, 0.1) is 12.7 Å². The van der Waals surface area contributed by atoms with E-state index in [-0.39, 0.29) is 6.04 Å². The maximum absolute atomic E-state index is 10.2. The third-order valence-electron chi connectivity index (χ3n) is 3.55. The minimum absolute atomic E-state index is 0.161. The largest absolute Gasteiger partial charge is 0.387 e. The zero-order valence-electron chi connectivity index (χ0n) is 12.7. The van der Waals surface area contributed by atoms with Crippen molar-refractivity contribution in [1.82, 2.24) is 5.32 Å². The molecule has 0 aliphatic carbocycles. The number of methoxy groups -OCH3 is 1. The van der Waals surface area contributed by atoms with E-state index in [2.05, 4.69) is 17.4 Å². The van der Waals surface area contributed by atoms with Crippen molar-refractivity contribution in [1.29, 1.82) is 0 Å². The molecule has 0 aliphatic rings. The summed E-state index contributed by atoms with van der Waals surface area (Å²) < 4.78 is 5.27. The highest BCUT2D eigenvalue weighted by molar-refractivity contribution is 6.30. The van der Waals surface area contributed by atoms with Crippen molar-refractivity contribution in [2.24, 2.45) is 0 Å². The molecule has 0 spiro atoms. The Labute approximate surface area is 136 Å². The van der Waals surface area contributed by atoms with Gasteiger partial charge in [0, 0.05) is 24.7 Å². The molecule has 3 nitrogen and oxygen atoms in total. The van der Waals surface area contributed by atoms with Gasteiger partial charge in [0.15, 0.2) is 0 Å². The van der Waals surface area contributed by atoms with Crippen LogP contribution in [0.4, 0.5) is 0 Å². The van der Waals surface area contributed by atoms with Crippen LogP contribution in [0.5, 0.6) is 0 Å². The minimum atomic E-state index is -0.563. The lowest BCUT2D eigenvalue weighted by molar-refractivity contribution is 0.138. The molecule has 0 radical (unpaired) electrons. The van der Waals surface area contributed by atoms with Gasteiger partial charge < -0.3 is 15.2 Å². The molecule has 2 unspecified atom stereocenters. The molecule has 2 aromatic carbocycles. The smallest absolute Gasteiger partial charge is 0.0914 e. The summed E-state index contributed by atoms with van der Waals surface area (Å²) in [5.41, 5.74) is 2.10. The standard InChI is InChI=1S/C18H22ClNO2/c1-22-13-17(11-14-5-3-2-4-6-14)20-12-18(21)15-7-9-16(19)10-8-15/h2-10,17-18,20-21H,11-13H2,1H3. The van der Waals surface area contributed by atoms with Crippen LogP contribution < -0.4 is 5.32 Å². The van der Waals surface area contributed by atoms with Gasteiger partial charge in [-0.1, -0.05) is 54.1 Å². The van der Waals surface area contributed by atoms with Crippen LogP contribution in [0.2, 0.25) is 5.02 Å². The predicted molar refractivity (Wildman–Crippen MR) is 90.2 cm³/mol. The van der Waals surface area contributed by atoms with E-state index in [9.17, 15) is 5.11 Å². The zero-order valence-corrected chi connectivity index (χ0v) is 13.5. The van der Waals surface area contributed by atoms with E-state index >= 15 is 0 Å². The Morgan fingerprint density at radius 2 is 1.77 bits per heavy atom. The van der Waals surface area contributed by atoms with Crippen LogP contribution in [0.25, 0.3) is 0 Å². The highest BCUT2D eigenvalue weighted by Crippen LogP contribution is 2.16. The molecule has 0 aliphatic heterocycles. The summed E-state index contributed by atoms with van der Waals surface area (Å²) in [5.74, 6) is 0. The van der Waals surface area contributed by atoms with Gasteiger partial charge in [-0.25, -0.2) is 0 Å². The number of aliphatic hydroxyl groups is 1. The lowest BCUT2D eigenvalue weighted by Crippen LogP contribution is -2.37. The second-order valence-electron chi connectivity index (χ2n) is 5.32. The first-order valence-electron chi connectivity index (χ1n) is 7.39. The van der Waals surface area contributed by atoms with E-state index in [0.717, 1.165) is 12.0 Å². The molecular formula is C18H22ClNO2. The molecule has 0 amide bonds. The Hall–Kier alpha value is -1.39. The summed E-state index contributed by atoms with van der Waals surface area (Å²) >= 11 is 5.86. The molecule has 2 aromatic rings. The van der Waals surface area contributed by atoms with E-state index in [1.165, 1.54) is 5.56 Å². The molecule has 2 rings (SSSR count). The Balaban J connectivity index is 1.89. The quantitative estimate of drug-likeness (QED) is 0.785. The minimum Gasteiger partial charge on any atom is -0.387 e. The van der Waals surface area contributed by atoms with Crippen molar-refractivity contribution in [3.63, 3.8) is 0 Å². The van der Waals surface area contributed by atoms with E-state index < -0.39 is 6.10 Å². The van der Waals surface area contributed by atoms with E-state index in [0.29, 0.717) is 18.2 Å². The Kier molecular flexibility index (Phi) is 6.87. The van der Waals surface area contributed by atoms with Gasteiger partial charge in [0.2, 0.25) is 0 Å². The van der Waals surface area contributed by atoms with Crippen LogP contribution in [0.3, 0.4) is 0 Å². The van der Waals surface area contributed by atoms with Gasteiger partial charge >= 0.3 is 0 Å². The first kappa shape index (κ1) is 17.0. The molecule has 0 fully saturated rings. The number of rotatable bonds is 8.